The molecule has 6 heteroatoms. The lowest BCUT2D eigenvalue weighted by atomic mass is 10.1. The highest BCUT2D eigenvalue weighted by molar-refractivity contribution is 5.94. The van der Waals surface area contributed by atoms with Crippen LogP contribution in [0.15, 0.2) is 18.2 Å². The number of halogens is 2. The fourth-order valence-electron chi connectivity index (χ4n) is 3.77. The van der Waals surface area contributed by atoms with E-state index < -0.39 is 11.6 Å². The molecule has 2 aliphatic carbocycles. The van der Waals surface area contributed by atoms with Crippen molar-refractivity contribution in [1.82, 2.24) is 15.1 Å². The van der Waals surface area contributed by atoms with Gasteiger partial charge in [-0.05, 0) is 44.2 Å². The van der Waals surface area contributed by atoms with E-state index in [-0.39, 0.29) is 11.9 Å². The Morgan fingerprint density at radius 3 is 2.67 bits per heavy atom. The smallest absolute Gasteiger partial charge is 0.272 e. The van der Waals surface area contributed by atoms with Gasteiger partial charge in [0.1, 0.15) is 0 Å². The molecule has 1 aromatic carbocycles. The summed E-state index contributed by atoms with van der Waals surface area (Å²) < 4.78 is 28.3. The quantitative estimate of drug-likeness (QED) is 0.938. The first-order valence-electron chi connectivity index (χ1n) is 8.50. The van der Waals surface area contributed by atoms with Crippen LogP contribution >= 0.6 is 0 Å². The normalized spacial score (nSPS) is 17.2. The maximum atomic E-state index is 13.6. The van der Waals surface area contributed by atoms with Crippen LogP contribution < -0.4 is 5.32 Å². The summed E-state index contributed by atoms with van der Waals surface area (Å²) in [6, 6.07) is 3.93. The number of hydrogen-bond acceptors (Lipinski definition) is 2. The summed E-state index contributed by atoms with van der Waals surface area (Å²) in [7, 11) is 0. The molecule has 24 heavy (non-hydrogen) atoms. The van der Waals surface area contributed by atoms with Gasteiger partial charge in [-0.15, -0.1) is 0 Å². The second-order valence-electron chi connectivity index (χ2n) is 6.59. The lowest BCUT2D eigenvalue weighted by Gasteiger charge is -2.11. The molecule has 0 spiro atoms. The number of fused-ring (bicyclic) bond motifs is 1. The van der Waals surface area contributed by atoms with Gasteiger partial charge in [0.05, 0.1) is 5.69 Å². The van der Waals surface area contributed by atoms with Crippen molar-refractivity contribution in [3.05, 3.63) is 46.8 Å². The van der Waals surface area contributed by atoms with Crippen molar-refractivity contribution in [1.29, 1.82) is 0 Å². The molecule has 0 atom stereocenters. The Bertz CT molecular complexity index is 794. The van der Waals surface area contributed by atoms with Gasteiger partial charge in [0, 0.05) is 23.4 Å². The van der Waals surface area contributed by atoms with E-state index in [1.165, 1.54) is 6.07 Å². The van der Waals surface area contributed by atoms with Gasteiger partial charge < -0.3 is 5.32 Å². The van der Waals surface area contributed by atoms with Crippen LogP contribution in [0.25, 0.3) is 5.69 Å². The molecule has 0 aliphatic heterocycles. The Morgan fingerprint density at radius 2 is 1.92 bits per heavy atom. The number of aromatic nitrogens is 2. The van der Waals surface area contributed by atoms with Crippen LogP contribution in [-0.4, -0.2) is 21.7 Å². The van der Waals surface area contributed by atoms with E-state index in [0.717, 1.165) is 68.3 Å². The van der Waals surface area contributed by atoms with E-state index in [9.17, 15) is 13.6 Å². The molecule has 0 bridgehead atoms. The third-order valence-corrected chi connectivity index (χ3v) is 4.98. The van der Waals surface area contributed by atoms with Crippen LogP contribution in [-0.2, 0) is 12.8 Å². The first-order valence-corrected chi connectivity index (χ1v) is 8.50. The Balaban J connectivity index is 1.69. The van der Waals surface area contributed by atoms with Gasteiger partial charge in [0.2, 0.25) is 0 Å². The minimum atomic E-state index is -0.910. The van der Waals surface area contributed by atoms with Crippen molar-refractivity contribution in [2.45, 2.75) is 51.0 Å². The molecule has 126 valence electrons. The number of rotatable bonds is 3. The number of hydrogen-bond donors (Lipinski definition) is 1. The predicted molar refractivity (Wildman–Crippen MR) is 85.2 cm³/mol. The molecule has 2 aliphatic rings. The summed E-state index contributed by atoms with van der Waals surface area (Å²) in [6.07, 6.45) is 6.85. The van der Waals surface area contributed by atoms with Crippen LogP contribution in [0.5, 0.6) is 0 Å². The number of benzene rings is 1. The van der Waals surface area contributed by atoms with Crippen LogP contribution in [0, 0.1) is 11.6 Å². The molecular weight excluding hydrogens is 312 g/mol. The van der Waals surface area contributed by atoms with Crippen LogP contribution in [0.1, 0.15) is 53.8 Å². The molecule has 0 saturated heterocycles. The lowest BCUT2D eigenvalue weighted by molar-refractivity contribution is 0.0931. The van der Waals surface area contributed by atoms with Crippen molar-refractivity contribution < 1.29 is 13.6 Å². The predicted octanol–water partition coefficient (Wildman–Crippen LogP) is 3.31. The summed E-state index contributed by atoms with van der Waals surface area (Å²) in [5, 5.41) is 7.49. The zero-order chi connectivity index (χ0) is 16.7. The van der Waals surface area contributed by atoms with E-state index in [4.69, 9.17) is 0 Å². The van der Waals surface area contributed by atoms with Crippen molar-refractivity contribution in [2.75, 3.05) is 0 Å². The molecule has 4 rings (SSSR count). The van der Waals surface area contributed by atoms with E-state index in [2.05, 4.69) is 10.4 Å². The van der Waals surface area contributed by atoms with E-state index in [1.807, 2.05) is 0 Å². The summed E-state index contributed by atoms with van der Waals surface area (Å²) in [4.78, 5) is 12.6. The Morgan fingerprint density at radius 1 is 1.12 bits per heavy atom. The molecule has 0 unspecified atom stereocenters. The zero-order valence-corrected chi connectivity index (χ0v) is 13.3. The summed E-state index contributed by atoms with van der Waals surface area (Å²) in [5.74, 6) is -1.95. The first-order chi connectivity index (χ1) is 11.6. The van der Waals surface area contributed by atoms with Crippen molar-refractivity contribution in [3.8, 4) is 5.69 Å². The molecule has 1 heterocycles. The number of nitrogens with one attached hydrogen (secondary N) is 1. The Kier molecular flexibility index (Phi) is 3.82. The lowest BCUT2D eigenvalue weighted by Crippen LogP contribution is -2.33. The second-order valence-corrected chi connectivity index (χ2v) is 6.59. The second kappa shape index (κ2) is 6.00. The van der Waals surface area contributed by atoms with Crippen LogP contribution in [0.2, 0.25) is 0 Å². The highest BCUT2D eigenvalue weighted by atomic mass is 19.2. The highest BCUT2D eigenvalue weighted by Gasteiger charge is 2.28. The molecule has 2 aromatic rings. The zero-order valence-electron chi connectivity index (χ0n) is 13.3. The molecule has 1 saturated carbocycles. The Labute approximate surface area is 138 Å². The summed E-state index contributed by atoms with van der Waals surface area (Å²) in [6.45, 7) is 0. The fourth-order valence-corrected chi connectivity index (χ4v) is 3.77. The van der Waals surface area contributed by atoms with Crippen molar-refractivity contribution in [2.24, 2.45) is 0 Å². The summed E-state index contributed by atoms with van der Waals surface area (Å²) in [5.41, 5.74) is 2.75. The largest absolute Gasteiger partial charge is 0.348 e. The average molecular weight is 331 g/mol. The minimum Gasteiger partial charge on any atom is -0.348 e. The maximum Gasteiger partial charge on any atom is 0.272 e. The molecule has 1 fully saturated rings. The molecule has 0 radical (unpaired) electrons. The molecular formula is C18H19F2N3O. The van der Waals surface area contributed by atoms with Crippen LogP contribution in [0.4, 0.5) is 8.78 Å². The third-order valence-electron chi connectivity index (χ3n) is 4.98. The van der Waals surface area contributed by atoms with Gasteiger partial charge in [-0.2, -0.15) is 5.10 Å². The topological polar surface area (TPSA) is 46.9 Å². The number of nitrogens with zero attached hydrogens (tertiary/aromatic N) is 2. The third kappa shape index (κ3) is 2.60. The molecule has 1 amide bonds. The van der Waals surface area contributed by atoms with Gasteiger partial charge in [-0.25, -0.2) is 13.5 Å². The Hall–Kier alpha value is -2.24. The van der Waals surface area contributed by atoms with Gasteiger partial charge >= 0.3 is 0 Å². The summed E-state index contributed by atoms with van der Waals surface area (Å²) >= 11 is 0. The van der Waals surface area contributed by atoms with Gasteiger partial charge in [0.25, 0.3) is 5.91 Å². The fraction of sp³-hybridized carbons (Fsp3) is 0.444. The molecule has 1 N–H and O–H groups in total. The van der Waals surface area contributed by atoms with E-state index in [1.54, 1.807) is 4.68 Å². The first kappa shape index (κ1) is 15.3. The van der Waals surface area contributed by atoms with Crippen LogP contribution in [0.3, 0.4) is 0 Å². The molecule has 1 aromatic heterocycles. The highest BCUT2D eigenvalue weighted by Crippen LogP contribution is 2.29. The van der Waals surface area contributed by atoms with Crippen molar-refractivity contribution >= 4 is 5.91 Å². The number of carbonyl (C=O) groups is 1. The standard InChI is InChI=1S/C18H19F2N3O/c19-14-9-8-12(10-15(14)20)23-16-7-3-6-13(16)17(22-23)18(24)21-11-4-1-2-5-11/h8-11H,1-7H2,(H,21,24). The van der Waals surface area contributed by atoms with E-state index in [0.29, 0.717) is 11.4 Å². The maximum absolute atomic E-state index is 13.6. The average Bonchev–Trinajstić information content (AvgIpc) is 3.26. The van der Waals surface area contributed by atoms with Gasteiger partial charge in [-0.1, -0.05) is 12.8 Å². The molecule has 4 nitrogen and oxygen atoms in total. The minimum absolute atomic E-state index is 0.151. The van der Waals surface area contributed by atoms with Gasteiger partial charge in [0.15, 0.2) is 17.3 Å². The number of amides is 1. The van der Waals surface area contributed by atoms with E-state index >= 15 is 0 Å². The van der Waals surface area contributed by atoms with Gasteiger partial charge in [-0.3, -0.25) is 4.79 Å². The monoisotopic (exact) mass is 331 g/mol. The van der Waals surface area contributed by atoms with Crippen molar-refractivity contribution in [3.63, 3.8) is 0 Å². The number of carbonyl (C=O) groups excluding carboxylic acids is 1. The SMILES string of the molecule is O=C(NC1CCCC1)c1nn(-c2ccc(F)c(F)c2)c2c1CCC2.